The number of hydrogen-bond donors (Lipinski definition) is 1. The average molecular weight is 402 g/mol. The van der Waals surface area contributed by atoms with Crippen LogP contribution in [-0.2, 0) is 4.79 Å². The second-order valence-electron chi connectivity index (χ2n) is 6.51. The lowest BCUT2D eigenvalue weighted by molar-refractivity contribution is -0.138. The van der Waals surface area contributed by atoms with Crippen LogP contribution in [0.3, 0.4) is 0 Å². The van der Waals surface area contributed by atoms with Crippen molar-refractivity contribution in [3.8, 4) is 0 Å². The Balaban J connectivity index is 0.00000225. The molecule has 0 radical (unpaired) electrons. The van der Waals surface area contributed by atoms with E-state index in [4.69, 9.17) is 5.73 Å². The number of piperazine rings is 1. The normalized spacial score (nSPS) is 17.2. The quantitative estimate of drug-likeness (QED) is 0.855. The molecule has 0 aromatic carbocycles. The highest BCUT2D eigenvalue weighted by Crippen LogP contribution is 2.30. The van der Waals surface area contributed by atoms with Gasteiger partial charge in [-0.25, -0.2) is 0 Å². The van der Waals surface area contributed by atoms with Gasteiger partial charge in [0.15, 0.2) is 0 Å². The molecule has 138 valence electrons. The lowest BCUT2D eigenvalue weighted by Gasteiger charge is -2.38. The number of amides is 2. The zero-order chi connectivity index (χ0) is 17.3. The van der Waals surface area contributed by atoms with Crippen LogP contribution in [0.4, 0.5) is 0 Å². The Kier molecular flexibility index (Phi) is 6.48. The third-order valence-electron chi connectivity index (χ3n) is 4.46. The van der Waals surface area contributed by atoms with E-state index in [-0.39, 0.29) is 24.2 Å². The van der Waals surface area contributed by atoms with Crippen molar-refractivity contribution in [3.63, 3.8) is 0 Å². The van der Waals surface area contributed by atoms with Gasteiger partial charge in [0.2, 0.25) is 5.91 Å². The van der Waals surface area contributed by atoms with Crippen molar-refractivity contribution in [2.24, 2.45) is 5.73 Å². The van der Waals surface area contributed by atoms with Crippen LogP contribution in [0, 0.1) is 0 Å². The maximum atomic E-state index is 12.7. The van der Waals surface area contributed by atoms with Crippen molar-refractivity contribution in [1.82, 2.24) is 9.80 Å². The largest absolute Gasteiger partial charge is 0.338 e. The van der Waals surface area contributed by atoms with E-state index in [2.05, 4.69) is 0 Å². The van der Waals surface area contributed by atoms with E-state index in [1.165, 1.54) is 0 Å². The summed E-state index contributed by atoms with van der Waals surface area (Å²) >= 11 is 3.20. The molecule has 2 aromatic rings. The van der Waals surface area contributed by atoms with Gasteiger partial charge in [0.05, 0.1) is 10.4 Å². The van der Waals surface area contributed by atoms with E-state index in [0.29, 0.717) is 32.6 Å². The Morgan fingerprint density at radius 2 is 1.84 bits per heavy atom. The predicted octanol–water partition coefficient (Wildman–Crippen LogP) is 3.19. The molecular formula is C17H24ClN3O2S2. The van der Waals surface area contributed by atoms with Gasteiger partial charge >= 0.3 is 0 Å². The molecule has 5 nitrogen and oxygen atoms in total. The fraction of sp³-hybridized carbons (Fsp3) is 0.529. The second-order valence-corrected chi connectivity index (χ2v) is 8.54. The van der Waals surface area contributed by atoms with Gasteiger partial charge in [0.25, 0.3) is 5.91 Å². The summed E-state index contributed by atoms with van der Waals surface area (Å²) in [6, 6.07) is 4.02. The molecule has 3 heterocycles. The number of thiophene rings is 2. The Morgan fingerprint density at radius 3 is 2.44 bits per heavy atom. The van der Waals surface area contributed by atoms with Crippen LogP contribution in [0.25, 0.3) is 9.40 Å². The summed E-state index contributed by atoms with van der Waals surface area (Å²) in [6.07, 6.45) is 1.56. The van der Waals surface area contributed by atoms with Crippen molar-refractivity contribution >= 4 is 56.3 Å². The Labute approximate surface area is 162 Å². The number of fused-ring (bicyclic) bond motifs is 1. The lowest BCUT2D eigenvalue weighted by atomic mass is 9.95. The van der Waals surface area contributed by atoms with Crippen LogP contribution in [0.15, 0.2) is 17.5 Å². The molecule has 2 aromatic heterocycles. The molecule has 1 unspecified atom stereocenters. The van der Waals surface area contributed by atoms with Crippen LogP contribution in [0.2, 0.25) is 0 Å². The highest BCUT2D eigenvalue weighted by molar-refractivity contribution is 7.27. The number of halogens is 1. The van der Waals surface area contributed by atoms with Gasteiger partial charge in [0.1, 0.15) is 0 Å². The molecule has 2 amide bonds. The van der Waals surface area contributed by atoms with E-state index < -0.39 is 5.54 Å². The number of rotatable bonds is 4. The number of carbonyl (C=O) groups excluding carboxylic acids is 2. The summed E-state index contributed by atoms with van der Waals surface area (Å²) in [5, 5.41) is 2.04. The third-order valence-corrected chi connectivity index (χ3v) is 6.54. The maximum Gasteiger partial charge on any atom is 0.264 e. The van der Waals surface area contributed by atoms with Crippen molar-refractivity contribution in [3.05, 3.63) is 22.4 Å². The van der Waals surface area contributed by atoms with Gasteiger partial charge in [-0.3, -0.25) is 9.59 Å². The summed E-state index contributed by atoms with van der Waals surface area (Å²) in [5.74, 6) is 0.0626. The summed E-state index contributed by atoms with van der Waals surface area (Å²) < 4.78 is 2.33. The molecule has 3 rings (SSSR count). The van der Waals surface area contributed by atoms with Gasteiger partial charge in [-0.05, 0) is 30.9 Å². The minimum Gasteiger partial charge on any atom is -0.338 e. The molecule has 8 heteroatoms. The van der Waals surface area contributed by atoms with Crippen LogP contribution in [0.5, 0.6) is 0 Å². The summed E-state index contributed by atoms with van der Waals surface area (Å²) in [5.41, 5.74) is 5.34. The van der Waals surface area contributed by atoms with Crippen LogP contribution in [-0.4, -0.2) is 53.3 Å². The fourth-order valence-electron chi connectivity index (χ4n) is 3.13. The Morgan fingerprint density at radius 1 is 1.20 bits per heavy atom. The fourth-order valence-corrected chi connectivity index (χ4v) is 5.20. The minimum absolute atomic E-state index is 0. The molecule has 1 saturated heterocycles. The number of carbonyl (C=O) groups is 2. The summed E-state index contributed by atoms with van der Waals surface area (Å²) in [7, 11) is 0. The van der Waals surface area contributed by atoms with Crippen LogP contribution < -0.4 is 5.73 Å². The Bertz CT molecular complexity index is 719. The lowest BCUT2D eigenvalue weighted by Crippen LogP contribution is -2.58. The molecular weight excluding hydrogens is 378 g/mol. The van der Waals surface area contributed by atoms with Crippen LogP contribution in [0.1, 0.15) is 36.4 Å². The third kappa shape index (κ3) is 4.16. The van der Waals surface area contributed by atoms with Gasteiger partial charge in [-0.15, -0.1) is 35.1 Å². The van der Waals surface area contributed by atoms with Crippen molar-refractivity contribution in [2.75, 3.05) is 26.2 Å². The average Bonchev–Trinajstić information content (AvgIpc) is 3.15. The maximum absolute atomic E-state index is 12.7. The van der Waals surface area contributed by atoms with Gasteiger partial charge in [-0.1, -0.05) is 13.3 Å². The topological polar surface area (TPSA) is 66.6 Å². The number of nitrogens with zero attached hydrogens (tertiary/aromatic N) is 2. The highest BCUT2D eigenvalue weighted by Gasteiger charge is 2.34. The van der Waals surface area contributed by atoms with Crippen molar-refractivity contribution < 1.29 is 9.59 Å². The summed E-state index contributed by atoms with van der Waals surface area (Å²) in [6.45, 7) is 6.08. The van der Waals surface area contributed by atoms with Gasteiger partial charge in [-0.2, -0.15) is 0 Å². The first-order valence-electron chi connectivity index (χ1n) is 8.27. The molecule has 1 fully saturated rings. The Hall–Kier alpha value is -1.15. The number of hydrogen-bond acceptors (Lipinski definition) is 5. The first-order chi connectivity index (χ1) is 11.4. The molecule has 1 aliphatic rings. The monoisotopic (exact) mass is 401 g/mol. The molecule has 0 aliphatic carbocycles. The van der Waals surface area contributed by atoms with E-state index in [1.54, 1.807) is 34.5 Å². The zero-order valence-electron chi connectivity index (χ0n) is 14.5. The van der Waals surface area contributed by atoms with E-state index >= 15 is 0 Å². The minimum atomic E-state index is -0.807. The van der Waals surface area contributed by atoms with E-state index in [1.807, 2.05) is 29.3 Å². The zero-order valence-corrected chi connectivity index (χ0v) is 16.9. The molecule has 0 saturated carbocycles. The van der Waals surface area contributed by atoms with E-state index in [9.17, 15) is 9.59 Å². The van der Waals surface area contributed by atoms with Gasteiger partial charge in [0, 0.05) is 35.6 Å². The molecule has 0 bridgehead atoms. The first kappa shape index (κ1) is 20.2. The predicted molar refractivity (Wildman–Crippen MR) is 107 cm³/mol. The molecule has 25 heavy (non-hydrogen) atoms. The second kappa shape index (κ2) is 8.03. The number of nitrogens with two attached hydrogens (primary N) is 1. The van der Waals surface area contributed by atoms with Crippen molar-refractivity contribution in [1.29, 1.82) is 0 Å². The van der Waals surface area contributed by atoms with Gasteiger partial charge < -0.3 is 15.5 Å². The smallest absolute Gasteiger partial charge is 0.264 e. The highest BCUT2D eigenvalue weighted by atomic mass is 35.5. The van der Waals surface area contributed by atoms with Crippen LogP contribution >= 0.6 is 35.1 Å². The molecule has 0 spiro atoms. The summed E-state index contributed by atoms with van der Waals surface area (Å²) in [4.78, 5) is 29.6. The molecule has 2 N–H and O–H groups in total. The standard InChI is InChI=1S/C17H23N3O2S2.ClH/c1-3-5-17(2,18)16(22)20-8-6-19(7-9-20)15(21)14-11-13-12(24-14)4-10-23-13;/h4,10-11H,3,5-9,18H2,1-2H3;1H. The molecule has 1 aliphatic heterocycles. The first-order valence-corrected chi connectivity index (χ1v) is 9.96. The van der Waals surface area contributed by atoms with Crippen molar-refractivity contribution in [2.45, 2.75) is 32.2 Å². The van der Waals surface area contributed by atoms with E-state index in [0.717, 1.165) is 20.7 Å². The molecule has 1 atom stereocenters. The SMILES string of the molecule is CCCC(C)(N)C(=O)N1CCN(C(=O)c2cc3sccc3s2)CC1.Cl.